The Morgan fingerprint density at radius 3 is 2.86 bits per heavy atom. The molecule has 2 fully saturated rings. The Morgan fingerprint density at radius 1 is 1.43 bits per heavy atom. The molecule has 2 heterocycles. The third kappa shape index (κ3) is 3.58. The zero-order chi connectivity index (χ0) is 14.1. The number of nitrogens with zero attached hydrogens (tertiary/aromatic N) is 1. The highest BCUT2D eigenvalue weighted by Gasteiger charge is 2.38. The van der Waals surface area contributed by atoms with Gasteiger partial charge in [0.2, 0.25) is 5.91 Å². The summed E-state index contributed by atoms with van der Waals surface area (Å²) in [5.41, 5.74) is 1.10. The predicted molar refractivity (Wildman–Crippen MR) is 89.4 cm³/mol. The lowest BCUT2D eigenvalue weighted by Crippen LogP contribution is -2.39. The van der Waals surface area contributed by atoms with Gasteiger partial charge in [-0.15, -0.1) is 23.7 Å². The Labute approximate surface area is 136 Å². The van der Waals surface area contributed by atoms with Gasteiger partial charge in [-0.3, -0.25) is 4.79 Å². The lowest BCUT2D eigenvalue weighted by Gasteiger charge is -2.24. The summed E-state index contributed by atoms with van der Waals surface area (Å²) in [6.07, 6.45) is 7.03. The van der Waals surface area contributed by atoms with E-state index in [4.69, 9.17) is 0 Å². The van der Waals surface area contributed by atoms with Gasteiger partial charge in [0.25, 0.3) is 0 Å². The largest absolute Gasteiger partial charge is 0.303 e. The van der Waals surface area contributed by atoms with E-state index < -0.39 is 0 Å². The van der Waals surface area contributed by atoms with Crippen molar-refractivity contribution in [2.24, 2.45) is 5.92 Å². The topological polar surface area (TPSA) is 54.0 Å². The molecule has 3 atom stereocenters. The van der Waals surface area contributed by atoms with Crippen LogP contribution in [0.1, 0.15) is 49.6 Å². The minimum absolute atomic E-state index is 0. The molecular formula is C15H24ClN3OS. The van der Waals surface area contributed by atoms with Crippen molar-refractivity contribution in [2.45, 2.75) is 64.5 Å². The predicted octanol–water partition coefficient (Wildman–Crippen LogP) is 3.29. The number of carbonyl (C=O) groups excluding carboxylic acids is 1. The Kier molecular flexibility index (Phi) is 5.63. The first-order valence-electron chi connectivity index (χ1n) is 7.70. The van der Waals surface area contributed by atoms with Gasteiger partial charge in [0.15, 0.2) is 5.13 Å². The quantitative estimate of drug-likeness (QED) is 0.894. The Hall–Kier alpha value is -0.650. The van der Waals surface area contributed by atoms with Crippen LogP contribution in [-0.4, -0.2) is 23.0 Å². The van der Waals surface area contributed by atoms with E-state index in [-0.39, 0.29) is 24.4 Å². The van der Waals surface area contributed by atoms with Crippen molar-refractivity contribution < 1.29 is 4.79 Å². The molecule has 1 amide bonds. The zero-order valence-electron chi connectivity index (χ0n) is 12.6. The summed E-state index contributed by atoms with van der Waals surface area (Å²) in [5.74, 6) is 0.791. The fourth-order valence-corrected chi connectivity index (χ4v) is 4.43. The summed E-state index contributed by atoms with van der Waals surface area (Å²) in [6, 6.07) is 0.529. The number of halogens is 1. The molecule has 4 nitrogen and oxygen atoms in total. The Bertz CT molecular complexity index is 491. The van der Waals surface area contributed by atoms with Crippen molar-refractivity contribution in [2.75, 3.05) is 5.32 Å². The lowest BCUT2D eigenvalue weighted by molar-refractivity contribution is -0.117. The molecule has 0 bridgehead atoms. The third-order valence-electron chi connectivity index (χ3n) is 4.64. The molecule has 1 aliphatic carbocycles. The number of nitrogens with one attached hydrogen (secondary N) is 2. The summed E-state index contributed by atoms with van der Waals surface area (Å²) in [6.45, 7) is 4.16. The van der Waals surface area contributed by atoms with E-state index in [2.05, 4.69) is 29.5 Å². The van der Waals surface area contributed by atoms with Crippen LogP contribution in [-0.2, 0) is 11.2 Å². The summed E-state index contributed by atoms with van der Waals surface area (Å²) in [7, 11) is 0. The molecule has 1 saturated heterocycles. The fourth-order valence-electron chi connectivity index (χ4n) is 3.52. The number of rotatable bonds is 3. The van der Waals surface area contributed by atoms with Crippen molar-refractivity contribution in [1.82, 2.24) is 10.3 Å². The monoisotopic (exact) mass is 329 g/mol. The molecule has 1 aliphatic heterocycles. The number of amides is 1. The van der Waals surface area contributed by atoms with Gasteiger partial charge in [-0.25, -0.2) is 4.98 Å². The summed E-state index contributed by atoms with van der Waals surface area (Å²) in [4.78, 5) is 18.1. The molecule has 0 spiro atoms. The van der Waals surface area contributed by atoms with E-state index in [0.29, 0.717) is 12.0 Å². The van der Waals surface area contributed by atoms with Crippen LogP contribution in [0.3, 0.4) is 0 Å². The van der Waals surface area contributed by atoms with Crippen LogP contribution >= 0.6 is 23.7 Å². The Balaban J connectivity index is 0.00000161. The second-order valence-corrected chi connectivity index (χ2v) is 7.17. The van der Waals surface area contributed by atoms with E-state index in [9.17, 15) is 4.79 Å². The van der Waals surface area contributed by atoms with Crippen LogP contribution in [0.25, 0.3) is 0 Å². The van der Waals surface area contributed by atoms with Crippen LogP contribution in [0.5, 0.6) is 0 Å². The SMILES string of the molecule is CCc1nc(NC(=O)C2CC3CCCCC3N2)sc1C.Cl. The average Bonchev–Trinajstić information content (AvgIpc) is 3.01. The maximum absolute atomic E-state index is 12.4. The second-order valence-electron chi connectivity index (χ2n) is 5.97. The minimum atomic E-state index is -0.0302. The van der Waals surface area contributed by atoms with Gasteiger partial charge in [-0.1, -0.05) is 19.8 Å². The number of hydrogen-bond donors (Lipinski definition) is 2. The van der Waals surface area contributed by atoms with E-state index in [1.165, 1.54) is 30.6 Å². The molecule has 6 heteroatoms. The van der Waals surface area contributed by atoms with Crippen LogP contribution in [0.15, 0.2) is 0 Å². The molecule has 1 aromatic heterocycles. The number of hydrogen-bond acceptors (Lipinski definition) is 4. The third-order valence-corrected chi connectivity index (χ3v) is 5.57. The number of thiazole rings is 1. The van der Waals surface area contributed by atoms with E-state index in [0.717, 1.165) is 23.7 Å². The molecule has 3 unspecified atom stereocenters. The van der Waals surface area contributed by atoms with Gasteiger partial charge in [-0.05, 0) is 38.5 Å². The van der Waals surface area contributed by atoms with Crippen molar-refractivity contribution in [3.63, 3.8) is 0 Å². The summed E-state index contributed by atoms with van der Waals surface area (Å²) < 4.78 is 0. The molecule has 0 radical (unpaired) electrons. The average molecular weight is 330 g/mol. The zero-order valence-corrected chi connectivity index (χ0v) is 14.3. The van der Waals surface area contributed by atoms with E-state index in [1.54, 1.807) is 11.3 Å². The Morgan fingerprint density at radius 2 is 2.19 bits per heavy atom. The van der Waals surface area contributed by atoms with E-state index >= 15 is 0 Å². The molecule has 3 rings (SSSR count). The molecule has 1 aromatic rings. The number of anilines is 1. The van der Waals surface area contributed by atoms with Crippen molar-refractivity contribution in [3.8, 4) is 0 Å². The summed E-state index contributed by atoms with van der Waals surface area (Å²) >= 11 is 1.58. The lowest BCUT2D eigenvalue weighted by atomic mass is 9.85. The number of fused-ring (bicyclic) bond motifs is 1. The van der Waals surface area contributed by atoms with Crippen LogP contribution in [0.2, 0.25) is 0 Å². The molecule has 1 saturated carbocycles. The standard InChI is InChI=1S/C15H23N3OS.ClH/c1-3-11-9(2)20-15(17-11)18-14(19)13-8-10-6-4-5-7-12(10)16-13;/h10,12-13,16H,3-8H2,1-2H3,(H,17,18,19);1H. The highest BCUT2D eigenvalue weighted by Crippen LogP contribution is 2.33. The van der Waals surface area contributed by atoms with Crippen LogP contribution in [0, 0.1) is 12.8 Å². The smallest absolute Gasteiger partial charge is 0.243 e. The van der Waals surface area contributed by atoms with Gasteiger partial charge in [0.05, 0.1) is 11.7 Å². The fraction of sp³-hybridized carbons (Fsp3) is 0.733. The highest BCUT2D eigenvalue weighted by molar-refractivity contribution is 7.15. The van der Waals surface area contributed by atoms with Crippen LogP contribution < -0.4 is 10.6 Å². The molecule has 0 aromatic carbocycles. The molecule has 118 valence electrons. The number of aryl methyl sites for hydroxylation is 2. The van der Waals surface area contributed by atoms with Crippen molar-refractivity contribution in [1.29, 1.82) is 0 Å². The minimum Gasteiger partial charge on any atom is -0.303 e. The van der Waals surface area contributed by atoms with E-state index in [1.807, 2.05) is 0 Å². The highest BCUT2D eigenvalue weighted by atomic mass is 35.5. The van der Waals surface area contributed by atoms with Crippen molar-refractivity contribution >= 4 is 34.8 Å². The molecule has 2 N–H and O–H groups in total. The van der Waals surface area contributed by atoms with Crippen LogP contribution in [0.4, 0.5) is 5.13 Å². The van der Waals surface area contributed by atoms with Gasteiger partial charge in [-0.2, -0.15) is 0 Å². The maximum atomic E-state index is 12.4. The van der Waals surface area contributed by atoms with Crippen molar-refractivity contribution in [3.05, 3.63) is 10.6 Å². The first kappa shape index (κ1) is 16.7. The molecule has 21 heavy (non-hydrogen) atoms. The van der Waals surface area contributed by atoms with Gasteiger partial charge in [0.1, 0.15) is 0 Å². The number of aromatic nitrogens is 1. The van der Waals surface area contributed by atoms with Gasteiger partial charge < -0.3 is 10.6 Å². The number of carbonyl (C=O) groups is 1. The first-order valence-corrected chi connectivity index (χ1v) is 8.52. The maximum Gasteiger partial charge on any atom is 0.243 e. The van der Waals surface area contributed by atoms with Gasteiger partial charge >= 0.3 is 0 Å². The second kappa shape index (κ2) is 7.07. The van der Waals surface area contributed by atoms with Gasteiger partial charge in [0, 0.05) is 10.9 Å². The summed E-state index contributed by atoms with van der Waals surface area (Å²) in [5, 5.41) is 7.26. The molecular weight excluding hydrogens is 306 g/mol. The normalized spacial score (nSPS) is 27.8. The molecule has 2 aliphatic rings. The first-order chi connectivity index (χ1) is 9.67.